The van der Waals surface area contributed by atoms with Crippen molar-refractivity contribution in [2.75, 3.05) is 0 Å². The van der Waals surface area contributed by atoms with E-state index in [4.69, 9.17) is 0 Å². The molecule has 0 radical (unpaired) electrons. The lowest BCUT2D eigenvalue weighted by Gasteiger charge is -1.93. The van der Waals surface area contributed by atoms with Crippen LogP contribution in [0.1, 0.15) is 5.69 Å². The van der Waals surface area contributed by atoms with Gasteiger partial charge in [-0.3, -0.25) is 0 Å². The molecule has 0 saturated heterocycles. The van der Waals surface area contributed by atoms with Crippen molar-refractivity contribution in [3.8, 4) is 5.69 Å². The molecule has 0 aromatic carbocycles. The minimum Gasteiger partial charge on any atom is -0.336 e. The van der Waals surface area contributed by atoms with Crippen LogP contribution in [-0.4, -0.2) is 14.9 Å². The number of aryl methyl sites for hydroxylation is 1. The average Bonchev–Trinajstić information content (AvgIpc) is 2.61. The Bertz CT molecular complexity index is 424. The Morgan fingerprint density at radius 2 is 2.50 bits per heavy atom. The minimum absolute atomic E-state index is 0.406. The molecule has 0 aliphatic heterocycles. The van der Waals surface area contributed by atoms with Crippen molar-refractivity contribution in [2.24, 2.45) is 0 Å². The van der Waals surface area contributed by atoms with Gasteiger partial charge in [0.15, 0.2) is 5.69 Å². The van der Waals surface area contributed by atoms with Gasteiger partial charge in [0.25, 0.3) is 0 Å². The highest BCUT2D eigenvalue weighted by Crippen LogP contribution is 2.03. The lowest BCUT2D eigenvalue weighted by Crippen LogP contribution is -2.06. The molecule has 0 amide bonds. The van der Waals surface area contributed by atoms with Crippen molar-refractivity contribution in [2.45, 2.75) is 6.92 Å². The maximum Gasteiger partial charge on any atom is 0.383 e. The van der Waals surface area contributed by atoms with Gasteiger partial charge in [-0.05, 0) is 13.0 Å². The van der Waals surface area contributed by atoms with Gasteiger partial charge in [0, 0.05) is 12.4 Å². The van der Waals surface area contributed by atoms with E-state index in [0.717, 1.165) is 0 Å². The van der Waals surface area contributed by atoms with E-state index >= 15 is 0 Å². The second kappa shape index (κ2) is 2.37. The van der Waals surface area contributed by atoms with Crippen molar-refractivity contribution in [1.29, 1.82) is 0 Å². The van der Waals surface area contributed by atoms with E-state index in [1.54, 1.807) is 25.4 Å². The molecule has 0 unspecified atom stereocenters. The SMILES string of the molecule is Cc1[nH]oc(=O)c1-n1cccn1. The number of nitrogens with one attached hydrogen (secondary N) is 1. The summed E-state index contributed by atoms with van der Waals surface area (Å²) in [6.07, 6.45) is 3.29. The lowest BCUT2D eigenvalue weighted by molar-refractivity contribution is 0.387. The monoisotopic (exact) mass is 165 g/mol. The maximum absolute atomic E-state index is 11.1. The van der Waals surface area contributed by atoms with Crippen molar-refractivity contribution in [3.05, 3.63) is 34.6 Å². The number of nitrogens with zero attached hydrogens (tertiary/aromatic N) is 2. The van der Waals surface area contributed by atoms with E-state index in [1.807, 2.05) is 0 Å². The van der Waals surface area contributed by atoms with Crippen LogP contribution < -0.4 is 5.63 Å². The van der Waals surface area contributed by atoms with E-state index in [-0.39, 0.29) is 0 Å². The molecular weight excluding hydrogens is 158 g/mol. The average molecular weight is 165 g/mol. The lowest BCUT2D eigenvalue weighted by atomic mass is 10.4. The highest BCUT2D eigenvalue weighted by molar-refractivity contribution is 5.30. The summed E-state index contributed by atoms with van der Waals surface area (Å²) in [7, 11) is 0. The molecule has 5 nitrogen and oxygen atoms in total. The fourth-order valence-electron chi connectivity index (χ4n) is 1.04. The summed E-state index contributed by atoms with van der Waals surface area (Å²) < 4.78 is 6.05. The van der Waals surface area contributed by atoms with Gasteiger partial charge < -0.3 is 4.52 Å². The predicted molar refractivity (Wildman–Crippen MR) is 41.2 cm³/mol. The van der Waals surface area contributed by atoms with Crippen LogP contribution in [0.4, 0.5) is 0 Å². The zero-order valence-electron chi connectivity index (χ0n) is 6.44. The third-order valence-corrected chi connectivity index (χ3v) is 1.58. The summed E-state index contributed by atoms with van der Waals surface area (Å²) in [6.45, 7) is 1.75. The number of aromatic amines is 1. The van der Waals surface area contributed by atoms with Gasteiger partial charge in [-0.1, -0.05) is 0 Å². The second-order valence-electron chi connectivity index (χ2n) is 2.42. The third kappa shape index (κ3) is 0.868. The first-order chi connectivity index (χ1) is 5.79. The van der Waals surface area contributed by atoms with Crippen LogP contribution in [0.5, 0.6) is 0 Å². The van der Waals surface area contributed by atoms with Crippen LogP contribution in [0.2, 0.25) is 0 Å². The molecule has 0 atom stereocenters. The molecule has 0 bridgehead atoms. The van der Waals surface area contributed by atoms with Crippen molar-refractivity contribution >= 4 is 0 Å². The summed E-state index contributed by atoms with van der Waals surface area (Å²) in [5.74, 6) is 0. The van der Waals surface area contributed by atoms with E-state index in [9.17, 15) is 4.79 Å². The first kappa shape index (κ1) is 6.90. The number of hydrogen-bond donors (Lipinski definition) is 1. The Morgan fingerprint density at radius 1 is 1.67 bits per heavy atom. The topological polar surface area (TPSA) is 63.8 Å². The number of H-pyrrole nitrogens is 1. The quantitative estimate of drug-likeness (QED) is 0.667. The Kier molecular flexibility index (Phi) is 1.36. The molecule has 0 fully saturated rings. The van der Waals surface area contributed by atoms with E-state index in [0.29, 0.717) is 11.4 Å². The van der Waals surface area contributed by atoms with Crippen LogP contribution in [-0.2, 0) is 0 Å². The summed E-state index contributed by atoms with van der Waals surface area (Å²) in [5, 5.41) is 6.39. The Balaban J connectivity index is 2.68. The highest BCUT2D eigenvalue weighted by atomic mass is 16.5. The number of aromatic nitrogens is 3. The van der Waals surface area contributed by atoms with Gasteiger partial charge in [0.2, 0.25) is 0 Å². The van der Waals surface area contributed by atoms with Gasteiger partial charge in [-0.25, -0.2) is 14.6 Å². The van der Waals surface area contributed by atoms with Gasteiger partial charge >= 0.3 is 5.63 Å². The van der Waals surface area contributed by atoms with E-state index in [1.165, 1.54) is 4.68 Å². The summed E-state index contributed by atoms with van der Waals surface area (Å²) in [4.78, 5) is 11.1. The molecule has 5 heteroatoms. The molecule has 1 N–H and O–H groups in total. The molecular formula is C7H7N3O2. The fraction of sp³-hybridized carbons (Fsp3) is 0.143. The smallest absolute Gasteiger partial charge is 0.336 e. The Morgan fingerprint density at radius 3 is 3.00 bits per heavy atom. The van der Waals surface area contributed by atoms with Crippen molar-refractivity contribution < 1.29 is 4.52 Å². The molecule has 0 aliphatic carbocycles. The molecule has 0 aliphatic rings. The van der Waals surface area contributed by atoms with E-state index in [2.05, 4.69) is 14.8 Å². The van der Waals surface area contributed by atoms with Crippen molar-refractivity contribution in [1.82, 2.24) is 14.9 Å². The molecule has 2 aromatic heterocycles. The molecule has 2 rings (SSSR count). The van der Waals surface area contributed by atoms with Gasteiger partial charge in [-0.15, -0.1) is 0 Å². The summed E-state index contributed by atoms with van der Waals surface area (Å²) >= 11 is 0. The van der Waals surface area contributed by atoms with Crippen LogP contribution in [0.25, 0.3) is 5.69 Å². The second-order valence-corrected chi connectivity index (χ2v) is 2.42. The highest BCUT2D eigenvalue weighted by Gasteiger charge is 2.09. The largest absolute Gasteiger partial charge is 0.383 e. The Labute approximate surface area is 67.6 Å². The van der Waals surface area contributed by atoms with Gasteiger partial charge in [0.1, 0.15) is 0 Å². The number of rotatable bonds is 1. The van der Waals surface area contributed by atoms with Gasteiger partial charge in [-0.2, -0.15) is 5.10 Å². The number of hydrogen-bond acceptors (Lipinski definition) is 3. The maximum atomic E-state index is 11.1. The molecule has 2 heterocycles. The van der Waals surface area contributed by atoms with Crippen molar-refractivity contribution in [3.63, 3.8) is 0 Å². The molecule has 62 valence electrons. The first-order valence-electron chi connectivity index (χ1n) is 3.47. The van der Waals surface area contributed by atoms with Crippen LogP contribution >= 0.6 is 0 Å². The zero-order chi connectivity index (χ0) is 8.55. The van der Waals surface area contributed by atoms with Gasteiger partial charge in [0.05, 0.1) is 5.69 Å². The summed E-state index contributed by atoms with van der Waals surface area (Å²) in [5.41, 5.74) is 0.694. The van der Waals surface area contributed by atoms with E-state index < -0.39 is 5.63 Å². The molecule has 2 aromatic rings. The van der Waals surface area contributed by atoms with Crippen LogP contribution in [0, 0.1) is 6.92 Å². The normalized spacial score (nSPS) is 10.4. The first-order valence-corrected chi connectivity index (χ1v) is 3.47. The Hall–Kier alpha value is -1.78. The molecule has 0 saturated carbocycles. The third-order valence-electron chi connectivity index (χ3n) is 1.58. The standard InChI is InChI=1S/C7H7N3O2/c1-5-6(7(11)12-9-5)10-4-2-3-8-10/h2-4,9H,1H3. The molecule has 12 heavy (non-hydrogen) atoms. The summed E-state index contributed by atoms with van der Waals surface area (Å²) in [6, 6.07) is 1.74. The predicted octanol–water partition coefficient (Wildman–Crippen LogP) is 0.462. The zero-order valence-corrected chi connectivity index (χ0v) is 6.44. The minimum atomic E-state index is -0.406. The molecule has 0 spiro atoms. The fourth-order valence-corrected chi connectivity index (χ4v) is 1.04. The van der Waals surface area contributed by atoms with Crippen LogP contribution in [0.3, 0.4) is 0 Å². The van der Waals surface area contributed by atoms with Crippen LogP contribution in [0.15, 0.2) is 27.8 Å².